The fraction of sp³-hybridized carbons (Fsp3) is 0.333. The van der Waals surface area contributed by atoms with Crippen LogP contribution in [0, 0.1) is 13.8 Å². The zero-order valence-corrected chi connectivity index (χ0v) is 21.1. The molecule has 184 valence electrons. The van der Waals surface area contributed by atoms with Gasteiger partial charge in [-0.2, -0.15) is 0 Å². The van der Waals surface area contributed by atoms with Crippen molar-refractivity contribution < 1.29 is 14.3 Å². The van der Waals surface area contributed by atoms with Gasteiger partial charge in [-0.3, -0.25) is 9.59 Å². The highest BCUT2D eigenvalue weighted by atomic mass is 35.5. The number of nitrogens with one attached hydrogen (secondary N) is 1. The molecule has 0 saturated carbocycles. The van der Waals surface area contributed by atoms with Gasteiger partial charge in [-0.1, -0.05) is 17.7 Å². The number of hydrogen-bond donors (Lipinski definition) is 1. The number of hydrogen-bond acceptors (Lipinski definition) is 4. The summed E-state index contributed by atoms with van der Waals surface area (Å²) in [7, 11) is 0. The molecule has 3 aromatic rings. The first kappa shape index (κ1) is 24.8. The SMILES string of the molecule is CCN(CC(=O)Nc1ccc(N2CCOCC2)cc1)C(=O)c1cc(C)n(-c2cccc(Cl)c2)c1C. The fourth-order valence-corrected chi connectivity index (χ4v) is 4.62. The number of anilines is 2. The molecule has 4 rings (SSSR count). The van der Waals surface area contributed by atoms with Gasteiger partial charge in [0.05, 0.1) is 18.8 Å². The number of halogens is 1. The van der Waals surface area contributed by atoms with Crippen molar-refractivity contribution in [2.24, 2.45) is 0 Å². The average Bonchev–Trinajstić information content (AvgIpc) is 3.16. The summed E-state index contributed by atoms with van der Waals surface area (Å²) in [4.78, 5) is 29.9. The van der Waals surface area contributed by atoms with Gasteiger partial charge in [0.1, 0.15) is 6.54 Å². The predicted octanol–water partition coefficient (Wildman–Crippen LogP) is 4.68. The molecule has 35 heavy (non-hydrogen) atoms. The molecule has 1 aliphatic heterocycles. The van der Waals surface area contributed by atoms with Gasteiger partial charge in [-0.25, -0.2) is 0 Å². The highest BCUT2D eigenvalue weighted by Gasteiger charge is 2.23. The van der Waals surface area contributed by atoms with Crippen LogP contribution in [0.4, 0.5) is 11.4 Å². The van der Waals surface area contributed by atoms with Crippen molar-refractivity contribution in [3.63, 3.8) is 0 Å². The largest absolute Gasteiger partial charge is 0.378 e. The minimum atomic E-state index is -0.233. The van der Waals surface area contributed by atoms with E-state index < -0.39 is 0 Å². The number of aromatic nitrogens is 1. The second kappa shape index (κ2) is 11.0. The summed E-state index contributed by atoms with van der Waals surface area (Å²) in [6.07, 6.45) is 0. The number of rotatable bonds is 7. The molecule has 0 radical (unpaired) electrons. The lowest BCUT2D eigenvalue weighted by molar-refractivity contribution is -0.116. The Balaban J connectivity index is 1.43. The summed E-state index contributed by atoms with van der Waals surface area (Å²) >= 11 is 6.17. The Bertz CT molecular complexity index is 1200. The standard InChI is InChI=1S/C27H31ClN4O3/c1-4-30(18-26(33)29-22-8-10-23(11-9-22)31-12-14-35-15-13-31)27(34)25-16-19(2)32(20(25)3)24-7-5-6-21(28)17-24/h5-11,16-17H,4,12-15,18H2,1-3H3,(H,29,33). The van der Waals surface area contributed by atoms with E-state index in [1.165, 1.54) is 0 Å². The van der Waals surface area contributed by atoms with Gasteiger partial charge in [0.2, 0.25) is 5.91 Å². The quantitative estimate of drug-likeness (QED) is 0.517. The molecule has 1 saturated heterocycles. The van der Waals surface area contributed by atoms with Crippen LogP contribution in [0.25, 0.3) is 5.69 Å². The molecule has 8 heteroatoms. The maximum atomic E-state index is 13.4. The first-order valence-corrected chi connectivity index (χ1v) is 12.2. The van der Waals surface area contributed by atoms with Gasteiger partial charge in [-0.15, -0.1) is 0 Å². The van der Waals surface area contributed by atoms with Crippen LogP contribution >= 0.6 is 11.6 Å². The molecule has 0 spiro atoms. The smallest absolute Gasteiger partial charge is 0.256 e. The minimum Gasteiger partial charge on any atom is -0.378 e. The number of carbonyl (C=O) groups excluding carboxylic acids is 2. The predicted molar refractivity (Wildman–Crippen MR) is 140 cm³/mol. The van der Waals surface area contributed by atoms with E-state index in [0.717, 1.165) is 49.1 Å². The topological polar surface area (TPSA) is 66.8 Å². The summed E-state index contributed by atoms with van der Waals surface area (Å²) in [5.41, 5.74) is 5.02. The summed E-state index contributed by atoms with van der Waals surface area (Å²) in [5.74, 6) is -0.408. The Morgan fingerprint density at radius 1 is 1.03 bits per heavy atom. The number of morpholine rings is 1. The zero-order chi connectivity index (χ0) is 24.9. The highest BCUT2D eigenvalue weighted by molar-refractivity contribution is 6.30. The van der Waals surface area contributed by atoms with Gasteiger partial charge in [0, 0.05) is 53.1 Å². The Morgan fingerprint density at radius 3 is 2.40 bits per heavy atom. The van der Waals surface area contributed by atoms with Gasteiger partial charge in [0.25, 0.3) is 5.91 Å². The second-order valence-electron chi connectivity index (χ2n) is 8.61. The number of carbonyl (C=O) groups is 2. The number of aryl methyl sites for hydroxylation is 1. The van der Waals surface area contributed by atoms with E-state index in [1.807, 2.05) is 79.9 Å². The monoisotopic (exact) mass is 494 g/mol. The van der Waals surface area contributed by atoms with Crippen molar-refractivity contribution in [1.29, 1.82) is 0 Å². The average molecular weight is 495 g/mol. The molecule has 0 unspecified atom stereocenters. The molecule has 1 N–H and O–H groups in total. The first-order chi connectivity index (χ1) is 16.9. The maximum absolute atomic E-state index is 13.4. The van der Waals surface area contributed by atoms with Crippen molar-refractivity contribution >= 4 is 34.8 Å². The van der Waals surface area contributed by atoms with Crippen LogP contribution in [-0.4, -0.2) is 60.7 Å². The van der Waals surface area contributed by atoms with E-state index in [0.29, 0.717) is 22.8 Å². The van der Waals surface area contributed by atoms with Crippen LogP contribution in [-0.2, 0) is 9.53 Å². The Kier molecular flexibility index (Phi) is 7.78. The van der Waals surface area contributed by atoms with Crippen LogP contribution in [0.1, 0.15) is 28.7 Å². The number of benzene rings is 2. The summed E-state index contributed by atoms with van der Waals surface area (Å²) in [5, 5.41) is 3.54. The lowest BCUT2D eigenvalue weighted by Crippen LogP contribution is -2.38. The molecule has 2 amide bonds. The molecule has 1 aliphatic rings. The molecule has 0 aliphatic carbocycles. The van der Waals surface area contributed by atoms with Crippen molar-refractivity contribution in [1.82, 2.24) is 9.47 Å². The summed E-state index contributed by atoms with van der Waals surface area (Å²) < 4.78 is 7.40. The fourth-order valence-electron chi connectivity index (χ4n) is 4.44. The molecule has 2 heterocycles. The lowest BCUT2D eigenvalue weighted by Gasteiger charge is -2.29. The second-order valence-corrected chi connectivity index (χ2v) is 9.05. The van der Waals surface area contributed by atoms with E-state index in [2.05, 4.69) is 10.2 Å². The number of nitrogens with zero attached hydrogens (tertiary/aromatic N) is 3. The Morgan fingerprint density at radius 2 is 1.74 bits per heavy atom. The van der Waals surface area contributed by atoms with Crippen molar-refractivity contribution in [2.45, 2.75) is 20.8 Å². The third-order valence-corrected chi connectivity index (χ3v) is 6.49. The molecule has 2 aromatic carbocycles. The van der Waals surface area contributed by atoms with Crippen molar-refractivity contribution in [2.75, 3.05) is 49.6 Å². The molecule has 7 nitrogen and oxygen atoms in total. The van der Waals surface area contributed by atoms with Crippen LogP contribution in [0.5, 0.6) is 0 Å². The Labute approximate surface area is 211 Å². The van der Waals surface area contributed by atoms with Crippen LogP contribution in [0.15, 0.2) is 54.6 Å². The molecular weight excluding hydrogens is 464 g/mol. The normalized spacial score (nSPS) is 13.5. The summed E-state index contributed by atoms with van der Waals surface area (Å²) in [6.45, 7) is 9.29. The number of amides is 2. The number of ether oxygens (including phenoxy) is 1. The molecule has 1 aromatic heterocycles. The van der Waals surface area contributed by atoms with E-state index in [-0.39, 0.29) is 18.4 Å². The zero-order valence-electron chi connectivity index (χ0n) is 20.4. The van der Waals surface area contributed by atoms with E-state index in [9.17, 15) is 9.59 Å². The maximum Gasteiger partial charge on any atom is 0.256 e. The number of likely N-dealkylation sites (N-methyl/N-ethyl adjacent to an activating group) is 1. The van der Waals surface area contributed by atoms with E-state index in [4.69, 9.17) is 16.3 Å². The molecule has 0 atom stereocenters. The third kappa shape index (κ3) is 5.69. The van der Waals surface area contributed by atoms with Gasteiger partial charge < -0.3 is 24.4 Å². The molecule has 0 bridgehead atoms. The van der Waals surface area contributed by atoms with Crippen molar-refractivity contribution in [3.8, 4) is 5.69 Å². The molecular formula is C27H31ClN4O3. The van der Waals surface area contributed by atoms with Crippen molar-refractivity contribution in [3.05, 3.63) is 76.6 Å². The van der Waals surface area contributed by atoms with Crippen LogP contribution in [0.3, 0.4) is 0 Å². The van der Waals surface area contributed by atoms with Gasteiger partial charge >= 0.3 is 0 Å². The minimum absolute atomic E-state index is 0.0264. The third-order valence-electron chi connectivity index (χ3n) is 6.26. The lowest BCUT2D eigenvalue weighted by atomic mass is 10.2. The summed E-state index contributed by atoms with van der Waals surface area (Å²) in [6, 6.07) is 17.2. The first-order valence-electron chi connectivity index (χ1n) is 11.8. The van der Waals surface area contributed by atoms with Crippen LogP contribution < -0.4 is 10.2 Å². The van der Waals surface area contributed by atoms with E-state index in [1.54, 1.807) is 4.90 Å². The van der Waals surface area contributed by atoms with Gasteiger partial charge in [0.15, 0.2) is 0 Å². The van der Waals surface area contributed by atoms with Crippen LogP contribution in [0.2, 0.25) is 5.02 Å². The van der Waals surface area contributed by atoms with E-state index >= 15 is 0 Å². The molecule has 1 fully saturated rings. The highest BCUT2D eigenvalue weighted by Crippen LogP contribution is 2.24. The Hall–Kier alpha value is -3.29. The van der Waals surface area contributed by atoms with Gasteiger partial charge in [-0.05, 0) is 69.3 Å².